The van der Waals surface area contributed by atoms with Crippen LogP contribution >= 0.6 is 22.7 Å². The van der Waals surface area contributed by atoms with E-state index in [4.69, 9.17) is 0 Å². The first-order chi connectivity index (χ1) is 10.7. The molecule has 1 aliphatic heterocycles. The number of fused-ring (bicyclic) bond motifs is 3. The van der Waals surface area contributed by atoms with Crippen LogP contribution in [-0.2, 0) is 0 Å². The molecule has 4 rings (SSSR count). The molecule has 1 aromatic carbocycles. The second kappa shape index (κ2) is 5.65. The van der Waals surface area contributed by atoms with Crippen LogP contribution < -0.4 is 10.6 Å². The molecule has 2 atom stereocenters. The predicted molar refractivity (Wildman–Crippen MR) is 95.2 cm³/mol. The molecule has 114 valence electrons. The van der Waals surface area contributed by atoms with Crippen LogP contribution in [0.3, 0.4) is 0 Å². The summed E-state index contributed by atoms with van der Waals surface area (Å²) in [5, 5.41) is 7.88. The zero-order valence-electron chi connectivity index (χ0n) is 12.4. The van der Waals surface area contributed by atoms with Crippen LogP contribution in [0.5, 0.6) is 0 Å². The molecule has 1 fully saturated rings. The van der Waals surface area contributed by atoms with Crippen molar-refractivity contribution in [3.05, 3.63) is 35.2 Å². The molecule has 5 heteroatoms. The van der Waals surface area contributed by atoms with Crippen molar-refractivity contribution in [3.63, 3.8) is 0 Å². The van der Waals surface area contributed by atoms with Crippen molar-refractivity contribution >= 4 is 48.1 Å². The minimum atomic E-state index is 0.0802. The summed E-state index contributed by atoms with van der Waals surface area (Å²) in [6.45, 7) is 3.15. The van der Waals surface area contributed by atoms with E-state index in [2.05, 4.69) is 41.8 Å². The summed E-state index contributed by atoms with van der Waals surface area (Å²) in [6, 6.07) is 11.2. The van der Waals surface area contributed by atoms with Crippen LogP contribution in [0.2, 0.25) is 0 Å². The summed E-state index contributed by atoms with van der Waals surface area (Å²) < 4.78 is 3.75. The third-order valence-corrected chi connectivity index (χ3v) is 6.65. The van der Waals surface area contributed by atoms with Crippen LogP contribution in [0.1, 0.15) is 29.4 Å². The number of hydrogen-bond donors (Lipinski definition) is 2. The zero-order chi connectivity index (χ0) is 15.1. The lowest BCUT2D eigenvalue weighted by molar-refractivity contribution is 0.0930. The van der Waals surface area contributed by atoms with E-state index in [0.717, 1.165) is 24.3 Å². The molecule has 0 aliphatic carbocycles. The average molecular weight is 330 g/mol. The third-order valence-electron chi connectivity index (χ3n) is 4.23. The highest BCUT2D eigenvalue weighted by molar-refractivity contribution is 7.33. The van der Waals surface area contributed by atoms with Gasteiger partial charge in [0.2, 0.25) is 0 Å². The van der Waals surface area contributed by atoms with E-state index in [1.54, 1.807) is 22.7 Å². The van der Waals surface area contributed by atoms with Crippen molar-refractivity contribution in [2.45, 2.75) is 31.8 Å². The van der Waals surface area contributed by atoms with Gasteiger partial charge in [-0.25, -0.2) is 0 Å². The Morgan fingerprint density at radius 1 is 1.27 bits per heavy atom. The fourth-order valence-electron chi connectivity index (χ4n) is 3.13. The minimum Gasteiger partial charge on any atom is -0.349 e. The molecule has 2 aromatic heterocycles. The molecule has 3 aromatic rings. The second-order valence-corrected chi connectivity index (χ2v) is 8.09. The Bertz CT molecular complexity index is 836. The van der Waals surface area contributed by atoms with Gasteiger partial charge in [-0.15, -0.1) is 22.7 Å². The molecule has 0 spiro atoms. The lowest BCUT2D eigenvalue weighted by Gasteiger charge is -2.28. The van der Waals surface area contributed by atoms with Gasteiger partial charge in [-0.2, -0.15) is 0 Å². The molecule has 22 heavy (non-hydrogen) atoms. The lowest BCUT2D eigenvalue weighted by atomic mass is 10.0. The summed E-state index contributed by atoms with van der Waals surface area (Å²) in [6.07, 6.45) is 2.02. The molecule has 1 amide bonds. The van der Waals surface area contributed by atoms with E-state index in [9.17, 15) is 4.79 Å². The summed E-state index contributed by atoms with van der Waals surface area (Å²) >= 11 is 3.38. The smallest absolute Gasteiger partial charge is 0.261 e. The third kappa shape index (κ3) is 2.53. The fraction of sp³-hybridized carbons (Fsp3) is 0.353. The number of hydrogen-bond acceptors (Lipinski definition) is 4. The maximum atomic E-state index is 12.5. The van der Waals surface area contributed by atoms with Gasteiger partial charge in [0, 0.05) is 26.9 Å². The first-order valence-electron chi connectivity index (χ1n) is 7.66. The number of thiophene rings is 2. The average Bonchev–Trinajstić information content (AvgIpc) is 3.05. The molecule has 1 saturated heterocycles. The van der Waals surface area contributed by atoms with Crippen molar-refractivity contribution in [3.8, 4) is 0 Å². The second-order valence-electron chi connectivity index (χ2n) is 5.95. The topological polar surface area (TPSA) is 41.1 Å². The Labute approximate surface area is 137 Å². The fourth-order valence-corrected chi connectivity index (χ4v) is 5.56. The molecule has 0 bridgehead atoms. The monoisotopic (exact) mass is 330 g/mol. The Kier molecular flexibility index (Phi) is 3.64. The number of carbonyl (C=O) groups excluding carboxylic acids is 1. The highest BCUT2D eigenvalue weighted by Crippen LogP contribution is 2.39. The molecule has 1 aliphatic rings. The van der Waals surface area contributed by atoms with Gasteiger partial charge in [0.25, 0.3) is 5.91 Å². The highest BCUT2D eigenvalue weighted by atomic mass is 32.1. The van der Waals surface area contributed by atoms with Gasteiger partial charge in [0.1, 0.15) is 0 Å². The first-order valence-corrected chi connectivity index (χ1v) is 9.29. The zero-order valence-corrected chi connectivity index (χ0v) is 14.0. The summed E-state index contributed by atoms with van der Waals surface area (Å²) in [7, 11) is 0. The van der Waals surface area contributed by atoms with Gasteiger partial charge in [-0.05, 0) is 38.4 Å². The van der Waals surface area contributed by atoms with Gasteiger partial charge in [-0.3, -0.25) is 4.79 Å². The Morgan fingerprint density at radius 2 is 2.14 bits per heavy atom. The predicted octanol–water partition coefficient (Wildman–Crippen LogP) is 3.99. The van der Waals surface area contributed by atoms with E-state index < -0.39 is 0 Å². The number of piperidine rings is 1. The van der Waals surface area contributed by atoms with E-state index in [0.29, 0.717) is 12.1 Å². The number of rotatable bonds is 2. The molecule has 3 heterocycles. The normalized spacial score (nSPS) is 22.2. The largest absolute Gasteiger partial charge is 0.349 e. The van der Waals surface area contributed by atoms with Gasteiger partial charge in [-0.1, -0.05) is 18.2 Å². The highest BCUT2D eigenvalue weighted by Gasteiger charge is 2.22. The van der Waals surface area contributed by atoms with Crippen molar-refractivity contribution < 1.29 is 4.79 Å². The summed E-state index contributed by atoms with van der Waals surface area (Å²) in [5.41, 5.74) is 0. The minimum absolute atomic E-state index is 0.0802. The molecular weight excluding hydrogens is 312 g/mol. The van der Waals surface area contributed by atoms with Crippen LogP contribution in [0.15, 0.2) is 30.3 Å². The van der Waals surface area contributed by atoms with Crippen LogP contribution in [-0.4, -0.2) is 24.5 Å². The number of benzene rings is 1. The Balaban J connectivity index is 1.59. The van der Waals surface area contributed by atoms with E-state index in [1.807, 2.05) is 6.07 Å². The van der Waals surface area contributed by atoms with Crippen molar-refractivity contribution in [2.75, 3.05) is 6.54 Å². The maximum Gasteiger partial charge on any atom is 0.261 e. The number of carbonyl (C=O) groups is 1. The van der Waals surface area contributed by atoms with Gasteiger partial charge in [0.15, 0.2) is 0 Å². The molecular formula is C17H18N2OS2. The Hall–Kier alpha value is -1.43. The summed E-state index contributed by atoms with van der Waals surface area (Å²) in [4.78, 5) is 13.3. The van der Waals surface area contributed by atoms with E-state index >= 15 is 0 Å². The lowest BCUT2D eigenvalue weighted by Crippen LogP contribution is -2.46. The molecule has 3 nitrogen and oxygen atoms in total. The standard InChI is InChI=1S/C17H18N2OS2/c1-10-8-11(6-7-18-10)19-17(20)15-9-14-16(22-15)12-4-2-3-5-13(12)21-14/h2-5,9-11,18H,6-8H2,1H3,(H,19,20). The molecule has 2 N–H and O–H groups in total. The number of nitrogens with one attached hydrogen (secondary N) is 2. The van der Waals surface area contributed by atoms with Crippen LogP contribution in [0, 0.1) is 0 Å². The Morgan fingerprint density at radius 3 is 3.00 bits per heavy atom. The van der Waals surface area contributed by atoms with Crippen LogP contribution in [0.4, 0.5) is 0 Å². The van der Waals surface area contributed by atoms with Gasteiger partial charge >= 0.3 is 0 Å². The number of amides is 1. The van der Waals surface area contributed by atoms with Crippen LogP contribution in [0.25, 0.3) is 19.5 Å². The maximum absolute atomic E-state index is 12.5. The van der Waals surface area contributed by atoms with Gasteiger partial charge in [0.05, 0.1) is 9.58 Å². The van der Waals surface area contributed by atoms with Gasteiger partial charge < -0.3 is 10.6 Å². The first kappa shape index (κ1) is 14.2. The SMILES string of the molecule is CC1CC(NC(=O)c2cc3sc4ccccc4c3s2)CCN1. The van der Waals surface area contributed by atoms with E-state index in [1.165, 1.54) is 19.5 Å². The molecule has 0 saturated carbocycles. The van der Waals surface area contributed by atoms with E-state index in [-0.39, 0.29) is 5.91 Å². The van der Waals surface area contributed by atoms with Crippen molar-refractivity contribution in [2.24, 2.45) is 0 Å². The molecule has 0 radical (unpaired) electrons. The van der Waals surface area contributed by atoms with Crippen molar-refractivity contribution in [1.29, 1.82) is 0 Å². The molecule has 2 unspecified atom stereocenters. The quantitative estimate of drug-likeness (QED) is 0.746. The van der Waals surface area contributed by atoms with Crippen molar-refractivity contribution in [1.82, 2.24) is 10.6 Å². The summed E-state index contributed by atoms with van der Waals surface area (Å²) in [5.74, 6) is 0.0802.